The molecule has 0 fully saturated rings. The van der Waals surface area contributed by atoms with Crippen LogP contribution in [-0.4, -0.2) is 18.9 Å². The molecule has 2 heterocycles. The largest absolute Gasteiger partial charge is 0.396 e. The molecule has 2 aromatic heterocycles. The van der Waals surface area contributed by atoms with Gasteiger partial charge < -0.3 is 5.73 Å². The van der Waals surface area contributed by atoms with Gasteiger partial charge >= 0.3 is 5.69 Å². The van der Waals surface area contributed by atoms with Crippen LogP contribution in [0.3, 0.4) is 0 Å². The molecule has 6 heteroatoms. The number of hydrogen-bond donors (Lipinski definition) is 1. The lowest BCUT2D eigenvalue weighted by atomic mass is 10.5. The fourth-order valence-electron chi connectivity index (χ4n) is 1.75. The molecule has 92 valence electrons. The van der Waals surface area contributed by atoms with E-state index in [2.05, 4.69) is 12.0 Å². The Balaban J connectivity index is 2.02. The minimum Gasteiger partial charge on any atom is -0.396 e. The van der Waals surface area contributed by atoms with Crippen LogP contribution in [0.4, 0.5) is 5.69 Å². The predicted molar refractivity (Wildman–Crippen MR) is 65.6 cm³/mol. The highest BCUT2D eigenvalue weighted by molar-refractivity contribution is 5.30. The topological polar surface area (TPSA) is 70.8 Å². The van der Waals surface area contributed by atoms with E-state index in [9.17, 15) is 4.79 Å². The first-order valence-electron chi connectivity index (χ1n) is 5.74. The molecule has 0 bridgehead atoms. The fraction of sp³-hybridized carbons (Fsp3) is 0.455. The summed E-state index contributed by atoms with van der Waals surface area (Å²) in [7, 11) is 0. The van der Waals surface area contributed by atoms with Gasteiger partial charge in [-0.05, 0) is 6.42 Å². The molecule has 0 aliphatic heterocycles. The molecule has 0 radical (unpaired) electrons. The molecule has 0 saturated carbocycles. The number of nitrogens with two attached hydrogens (primary N) is 1. The van der Waals surface area contributed by atoms with E-state index < -0.39 is 0 Å². The molecule has 2 rings (SSSR count). The van der Waals surface area contributed by atoms with Crippen molar-refractivity contribution in [3.8, 4) is 0 Å². The minimum absolute atomic E-state index is 0.0342. The Hall–Kier alpha value is -1.98. The zero-order chi connectivity index (χ0) is 12.3. The highest BCUT2D eigenvalue weighted by atomic mass is 16.1. The Morgan fingerprint density at radius 2 is 1.94 bits per heavy atom. The number of imidazole rings is 1. The van der Waals surface area contributed by atoms with Gasteiger partial charge in [-0.15, -0.1) is 0 Å². The Bertz CT molecular complexity index is 536. The quantitative estimate of drug-likeness (QED) is 0.822. The van der Waals surface area contributed by atoms with Gasteiger partial charge in [-0.3, -0.25) is 13.8 Å². The first-order chi connectivity index (χ1) is 8.20. The predicted octanol–water partition coefficient (Wildman–Crippen LogP) is 0.539. The van der Waals surface area contributed by atoms with Gasteiger partial charge in [0.25, 0.3) is 0 Å². The van der Waals surface area contributed by atoms with Crippen molar-refractivity contribution in [1.29, 1.82) is 0 Å². The number of anilines is 1. The summed E-state index contributed by atoms with van der Waals surface area (Å²) in [6.45, 7) is 4.07. The van der Waals surface area contributed by atoms with Crippen molar-refractivity contribution in [3.63, 3.8) is 0 Å². The Labute approximate surface area is 99.3 Å². The summed E-state index contributed by atoms with van der Waals surface area (Å²) >= 11 is 0. The van der Waals surface area contributed by atoms with Gasteiger partial charge in [0.1, 0.15) is 0 Å². The maximum atomic E-state index is 11.9. The van der Waals surface area contributed by atoms with Crippen LogP contribution in [0.5, 0.6) is 0 Å². The number of nitrogen functional groups attached to an aromatic ring is 1. The van der Waals surface area contributed by atoms with E-state index in [-0.39, 0.29) is 5.69 Å². The number of aromatic nitrogens is 4. The molecule has 0 aromatic carbocycles. The number of rotatable bonds is 5. The van der Waals surface area contributed by atoms with Crippen molar-refractivity contribution in [1.82, 2.24) is 18.9 Å². The lowest BCUT2D eigenvalue weighted by Gasteiger charge is -2.02. The van der Waals surface area contributed by atoms with Gasteiger partial charge in [-0.2, -0.15) is 5.10 Å². The summed E-state index contributed by atoms with van der Waals surface area (Å²) in [5, 5.41) is 4.07. The van der Waals surface area contributed by atoms with Gasteiger partial charge in [0.2, 0.25) is 0 Å². The lowest BCUT2D eigenvalue weighted by Crippen LogP contribution is -2.25. The van der Waals surface area contributed by atoms with E-state index >= 15 is 0 Å². The van der Waals surface area contributed by atoms with Gasteiger partial charge in [-0.1, -0.05) is 6.92 Å². The van der Waals surface area contributed by atoms with Crippen LogP contribution in [0, 0.1) is 0 Å². The molecular weight excluding hydrogens is 218 g/mol. The van der Waals surface area contributed by atoms with Crippen molar-refractivity contribution >= 4 is 5.69 Å². The van der Waals surface area contributed by atoms with Crippen molar-refractivity contribution in [3.05, 3.63) is 35.3 Å². The maximum Gasteiger partial charge on any atom is 0.328 e. The summed E-state index contributed by atoms with van der Waals surface area (Å²) in [5.74, 6) is 0. The third kappa shape index (κ3) is 2.58. The summed E-state index contributed by atoms with van der Waals surface area (Å²) in [5.41, 5.74) is 6.24. The number of aryl methyl sites for hydroxylation is 3. The van der Waals surface area contributed by atoms with E-state index in [0.29, 0.717) is 18.8 Å². The summed E-state index contributed by atoms with van der Waals surface area (Å²) in [4.78, 5) is 11.9. The highest BCUT2D eigenvalue weighted by Crippen LogP contribution is 1.98. The average Bonchev–Trinajstić information content (AvgIpc) is 2.86. The monoisotopic (exact) mass is 235 g/mol. The average molecular weight is 235 g/mol. The second-order valence-electron chi connectivity index (χ2n) is 4.00. The zero-order valence-corrected chi connectivity index (χ0v) is 9.91. The van der Waals surface area contributed by atoms with E-state index in [1.807, 2.05) is 12.4 Å². The molecular formula is C11H17N5O. The SMILES string of the molecule is CCCn1ccn(CCn2cc(N)cn2)c1=O. The van der Waals surface area contributed by atoms with Crippen LogP contribution in [0.15, 0.2) is 29.6 Å². The van der Waals surface area contributed by atoms with E-state index in [1.54, 1.807) is 26.2 Å². The van der Waals surface area contributed by atoms with E-state index in [4.69, 9.17) is 5.73 Å². The van der Waals surface area contributed by atoms with Crippen LogP contribution in [0.2, 0.25) is 0 Å². The molecule has 0 unspecified atom stereocenters. The second-order valence-corrected chi connectivity index (χ2v) is 4.00. The molecule has 0 amide bonds. The molecule has 17 heavy (non-hydrogen) atoms. The Morgan fingerprint density at radius 1 is 1.24 bits per heavy atom. The van der Waals surface area contributed by atoms with Crippen molar-refractivity contribution in [2.75, 3.05) is 5.73 Å². The maximum absolute atomic E-state index is 11.9. The van der Waals surface area contributed by atoms with E-state index in [0.717, 1.165) is 13.0 Å². The summed E-state index contributed by atoms with van der Waals surface area (Å²) in [6, 6.07) is 0. The molecule has 0 spiro atoms. The minimum atomic E-state index is 0.0342. The smallest absolute Gasteiger partial charge is 0.328 e. The summed E-state index contributed by atoms with van der Waals surface area (Å²) < 4.78 is 5.14. The van der Waals surface area contributed by atoms with Gasteiger partial charge in [0, 0.05) is 31.7 Å². The molecule has 6 nitrogen and oxygen atoms in total. The van der Waals surface area contributed by atoms with E-state index in [1.165, 1.54) is 0 Å². The van der Waals surface area contributed by atoms with Crippen molar-refractivity contribution in [2.45, 2.75) is 33.0 Å². The third-order valence-corrected chi connectivity index (χ3v) is 2.61. The lowest BCUT2D eigenvalue weighted by molar-refractivity contribution is 0.513. The van der Waals surface area contributed by atoms with Gasteiger partial charge in [-0.25, -0.2) is 4.79 Å². The van der Waals surface area contributed by atoms with Crippen LogP contribution in [0.25, 0.3) is 0 Å². The van der Waals surface area contributed by atoms with Crippen molar-refractivity contribution in [2.24, 2.45) is 0 Å². The summed E-state index contributed by atoms with van der Waals surface area (Å²) in [6.07, 6.45) is 7.95. The molecule has 0 saturated heterocycles. The molecule has 0 aliphatic rings. The van der Waals surface area contributed by atoms with Crippen molar-refractivity contribution < 1.29 is 0 Å². The molecule has 0 atom stereocenters. The van der Waals surface area contributed by atoms with Gasteiger partial charge in [0.15, 0.2) is 0 Å². The Morgan fingerprint density at radius 3 is 2.53 bits per heavy atom. The fourth-order valence-corrected chi connectivity index (χ4v) is 1.75. The first kappa shape index (κ1) is 11.5. The van der Waals surface area contributed by atoms with Gasteiger partial charge in [0.05, 0.1) is 18.4 Å². The normalized spacial score (nSPS) is 10.9. The van der Waals surface area contributed by atoms with Crippen LogP contribution < -0.4 is 11.4 Å². The first-order valence-corrected chi connectivity index (χ1v) is 5.74. The standard InChI is InChI=1S/C11H17N5O/c1-2-3-14-4-5-15(11(14)17)6-7-16-9-10(12)8-13-16/h4-5,8-9H,2-3,6-7,12H2,1H3. The zero-order valence-electron chi connectivity index (χ0n) is 9.91. The Kier molecular flexibility index (Phi) is 3.32. The highest BCUT2D eigenvalue weighted by Gasteiger charge is 2.02. The van der Waals surface area contributed by atoms with Crippen LogP contribution >= 0.6 is 0 Å². The number of nitrogens with zero attached hydrogens (tertiary/aromatic N) is 4. The molecule has 0 aliphatic carbocycles. The van der Waals surface area contributed by atoms with Crippen LogP contribution in [-0.2, 0) is 19.6 Å². The second kappa shape index (κ2) is 4.90. The number of hydrogen-bond acceptors (Lipinski definition) is 3. The molecule has 2 aromatic rings. The van der Waals surface area contributed by atoms with Crippen LogP contribution in [0.1, 0.15) is 13.3 Å². The third-order valence-electron chi connectivity index (χ3n) is 2.61. The molecule has 2 N–H and O–H groups in total.